The molecule has 1 atom stereocenters. The number of halogens is 1. The molecule has 0 saturated heterocycles. The van der Waals surface area contributed by atoms with E-state index >= 15 is 0 Å². The SMILES string of the molecule is CCCNC(Cc1ccccc1F)C1CCC1. The largest absolute Gasteiger partial charge is 0.313 e. The molecule has 0 amide bonds. The van der Waals surface area contributed by atoms with Crippen LogP contribution in [0.15, 0.2) is 24.3 Å². The molecule has 17 heavy (non-hydrogen) atoms. The van der Waals surface area contributed by atoms with Crippen LogP contribution in [-0.2, 0) is 6.42 Å². The number of nitrogens with one attached hydrogen (secondary N) is 1. The van der Waals surface area contributed by atoms with Gasteiger partial charge in [0.1, 0.15) is 5.82 Å². The lowest BCUT2D eigenvalue weighted by molar-refractivity contribution is 0.226. The molecule has 94 valence electrons. The van der Waals surface area contributed by atoms with E-state index < -0.39 is 0 Å². The third kappa shape index (κ3) is 3.29. The molecular weight excluding hydrogens is 213 g/mol. The van der Waals surface area contributed by atoms with Crippen LogP contribution in [0, 0.1) is 11.7 Å². The summed E-state index contributed by atoms with van der Waals surface area (Å²) >= 11 is 0. The smallest absolute Gasteiger partial charge is 0.126 e. The lowest BCUT2D eigenvalue weighted by atomic mass is 9.77. The summed E-state index contributed by atoms with van der Waals surface area (Å²) in [5, 5.41) is 3.58. The van der Waals surface area contributed by atoms with E-state index in [1.165, 1.54) is 19.3 Å². The molecule has 1 nitrogen and oxygen atoms in total. The van der Waals surface area contributed by atoms with E-state index in [1.54, 1.807) is 12.1 Å². The summed E-state index contributed by atoms with van der Waals surface area (Å²) < 4.78 is 13.6. The van der Waals surface area contributed by atoms with Crippen molar-refractivity contribution >= 4 is 0 Å². The van der Waals surface area contributed by atoms with Gasteiger partial charge in [0.15, 0.2) is 0 Å². The van der Waals surface area contributed by atoms with Crippen LogP contribution in [0.4, 0.5) is 4.39 Å². The summed E-state index contributed by atoms with van der Waals surface area (Å²) in [6.07, 6.45) is 5.91. The molecule has 0 aromatic heterocycles. The Balaban J connectivity index is 1.98. The van der Waals surface area contributed by atoms with Gasteiger partial charge in [-0.15, -0.1) is 0 Å². The fourth-order valence-corrected chi connectivity index (χ4v) is 2.48. The van der Waals surface area contributed by atoms with Gasteiger partial charge < -0.3 is 5.32 Å². The Kier molecular flexibility index (Phi) is 4.55. The van der Waals surface area contributed by atoms with Crippen LogP contribution in [0.1, 0.15) is 38.2 Å². The van der Waals surface area contributed by atoms with Crippen LogP contribution in [0.2, 0.25) is 0 Å². The van der Waals surface area contributed by atoms with Crippen LogP contribution in [0.3, 0.4) is 0 Å². The van der Waals surface area contributed by atoms with E-state index in [0.29, 0.717) is 6.04 Å². The van der Waals surface area contributed by atoms with Crippen molar-refractivity contribution in [1.29, 1.82) is 0 Å². The average Bonchev–Trinajstić information content (AvgIpc) is 2.26. The van der Waals surface area contributed by atoms with E-state index in [1.807, 2.05) is 12.1 Å². The van der Waals surface area contributed by atoms with Crippen molar-refractivity contribution in [3.63, 3.8) is 0 Å². The highest BCUT2D eigenvalue weighted by atomic mass is 19.1. The minimum absolute atomic E-state index is 0.0601. The van der Waals surface area contributed by atoms with Gasteiger partial charge in [-0.05, 0) is 49.8 Å². The maximum atomic E-state index is 13.6. The second kappa shape index (κ2) is 6.15. The molecule has 1 aromatic rings. The van der Waals surface area contributed by atoms with Crippen molar-refractivity contribution in [2.75, 3.05) is 6.54 Å². The lowest BCUT2D eigenvalue weighted by Crippen LogP contribution is -2.41. The summed E-state index contributed by atoms with van der Waals surface area (Å²) in [7, 11) is 0. The van der Waals surface area contributed by atoms with Crippen molar-refractivity contribution in [3.05, 3.63) is 35.6 Å². The summed E-state index contributed by atoms with van der Waals surface area (Å²) in [6, 6.07) is 7.62. The Hall–Kier alpha value is -0.890. The van der Waals surface area contributed by atoms with Gasteiger partial charge in [0.25, 0.3) is 0 Å². The molecule has 0 spiro atoms. The van der Waals surface area contributed by atoms with Crippen molar-refractivity contribution in [3.8, 4) is 0 Å². The number of rotatable bonds is 6. The topological polar surface area (TPSA) is 12.0 Å². The van der Waals surface area contributed by atoms with Crippen molar-refractivity contribution in [2.24, 2.45) is 5.92 Å². The minimum Gasteiger partial charge on any atom is -0.313 e. The molecule has 0 bridgehead atoms. The highest BCUT2D eigenvalue weighted by Gasteiger charge is 2.27. The monoisotopic (exact) mass is 235 g/mol. The Morgan fingerprint density at radius 2 is 2.12 bits per heavy atom. The van der Waals surface area contributed by atoms with Gasteiger partial charge in [0.05, 0.1) is 0 Å². The number of hydrogen-bond donors (Lipinski definition) is 1. The van der Waals surface area contributed by atoms with E-state index in [-0.39, 0.29) is 5.82 Å². The van der Waals surface area contributed by atoms with Crippen LogP contribution < -0.4 is 5.32 Å². The Morgan fingerprint density at radius 3 is 2.71 bits per heavy atom. The number of benzene rings is 1. The van der Waals surface area contributed by atoms with Gasteiger partial charge in [0, 0.05) is 6.04 Å². The van der Waals surface area contributed by atoms with E-state index in [4.69, 9.17) is 0 Å². The van der Waals surface area contributed by atoms with E-state index in [0.717, 1.165) is 30.9 Å². The molecule has 1 N–H and O–H groups in total. The first-order valence-electron chi connectivity index (χ1n) is 6.78. The molecular formula is C15H22FN. The van der Waals surface area contributed by atoms with Crippen molar-refractivity contribution < 1.29 is 4.39 Å². The van der Waals surface area contributed by atoms with Crippen molar-refractivity contribution in [1.82, 2.24) is 5.32 Å². The molecule has 1 saturated carbocycles. The zero-order chi connectivity index (χ0) is 12.1. The van der Waals surface area contributed by atoms with E-state index in [9.17, 15) is 4.39 Å². The maximum absolute atomic E-state index is 13.6. The number of hydrogen-bond acceptors (Lipinski definition) is 1. The molecule has 1 unspecified atom stereocenters. The second-order valence-corrected chi connectivity index (χ2v) is 5.05. The van der Waals surface area contributed by atoms with Crippen LogP contribution in [0.25, 0.3) is 0 Å². The van der Waals surface area contributed by atoms with Crippen LogP contribution >= 0.6 is 0 Å². The molecule has 2 rings (SSSR count). The van der Waals surface area contributed by atoms with Gasteiger partial charge in [0.2, 0.25) is 0 Å². The van der Waals surface area contributed by atoms with Crippen LogP contribution in [-0.4, -0.2) is 12.6 Å². The van der Waals surface area contributed by atoms with Crippen LogP contribution in [0.5, 0.6) is 0 Å². The summed E-state index contributed by atoms with van der Waals surface area (Å²) in [6.45, 7) is 3.21. The summed E-state index contributed by atoms with van der Waals surface area (Å²) in [4.78, 5) is 0. The molecule has 0 heterocycles. The fourth-order valence-electron chi connectivity index (χ4n) is 2.48. The molecule has 2 heteroatoms. The quantitative estimate of drug-likeness (QED) is 0.795. The molecule has 1 aliphatic rings. The van der Waals surface area contributed by atoms with E-state index in [2.05, 4.69) is 12.2 Å². The summed E-state index contributed by atoms with van der Waals surface area (Å²) in [5.74, 6) is 0.691. The highest BCUT2D eigenvalue weighted by Crippen LogP contribution is 2.31. The van der Waals surface area contributed by atoms with Gasteiger partial charge >= 0.3 is 0 Å². The molecule has 0 radical (unpaired) electrons. The predicted molar refractivity (Wildman–Crippen MR) is 69.5 cm³/mol. The molecule has 1 aromatic carbocycles. The maximum Gasteiger partial charge on any atom is 0.126 e. The zero-order valence-electron chi connectivity index (χ0n) is 10.6. The first-order valence-corrected chi connectivity index (χ1v) is 6.78. The summed E-state index contributed by atoms with van der Waals surface area (Å²) in [5.41, 5.74) is 0.855. The standard InChI is InChI=1S/C15H22FN/c1-2-10-17-15(12-7-5-8-12)11-13-6-3-4-9-14(13)16/h3-4,6,9,12,15,17H,2,5,7-8,10-11H2,1H3. The van der Waals surface area contributed by atoms with Gasteiger partial charge in [-0.25, -0.2) is 4.39 Å². The third-order valence-electron chi connectivity index (χ3n) is 3.77. The normalized spacial score (nSPS) is 17.8. The van der Waals surface area contributed by atoms with Gasteiger partial charge in [-0.1, -0.05) is 31.5 Å². The molecule has 1 aliphatic carbocycles. The average molecular weight is 235 g/mol. The van der Waals surface area contributed by atoms with Gasteiger partial charge in [-0.2, -0.15) is 0 Å². The Labute approximate surface area is 103 Å². The Bertz CT molecular complexity index is 347. The van der Waals surface area contributed by atoms with Gasteiger partial charge in [-0.3, -0.25) is 0 Å². The minimum atomic E-state index is -0.0601. The first-order chi connectivity index (χ1) is 8.31. The van der Waals surface area contributed by atoms with Crippen molar-refractivity contribution in [2.45, 2.75) is 45.1 Å². The molecule has 0 aliphatic heterocycles. The zero-order valence-corrected chi connectivity index (χ0v) is 10.6. The fraction of sp³-hybridized carbons (Fsp3) is 0.600. The molecule has 1 fully saturated rings. The highest BCUT2D eigenvalue weighted by molar-refractivity contribution is 5.18. The first kappa shape index (κ1) is 12.6. The second-order valence-electron chi connectivity index (χ2n) is 5.05. The Morgan fingerprint density at radius 1 is 1.35 bits per heavy atom. The third-order valence-corrected chi connectivity index (χ3v) is 3.77. The lowest BCUT2D eigenvalue weighted by Gasteiger charge is -2.34. The predicted octanol–water partition coefficient (Wildman–Crippen LogP) is 3.54.